The molecular weight excluding hydrogens is 476 g/mol. The normalized spacial score (nSPS) is 18.3. The van der Waals surface area contributed by atoms with Crippen molar-refractivity contribution in [1.82, 2.24) is 15.3 Å². The lowest BCUT2D eigenvalue weighted by Crippen LogP contribution is -2.40. The quantitative estimate of drug-likeness (QED) is 0.360. The molecule has 170 valence electrons. The highest BCUT2D eigenvalue weighted by atomic mass is 35.5. The molecule has 1 fully saturated rings. The Morgan fingerprint density at radius 3 is 2.58 bits per heavy atom. The lowest BCUT2D eigenvalue weighted by atomic mass is 9.92. The van der Waals surface area contributed by atoms with Gasteiger partial charge in [-0.1, -0.05) is 53.3 Å². The predicted molar refractivity (Wildman–Crippen MR) is 120 cm³/mol. The number of hydrogen-bond donors (Lipinski definition) is 2. The van der Waals surface area contributed by atoms with Crippen molar-refractivity contribution in [2.24, 2.45) is 5.10 Å². The Bertz CT molecular complexity index is 1210. The van der Waals surface area contributed by atoms with Gasteiger partial charge in [-0.15, -0.1) is 5.01 Å². The van der Waals surface area contributed by atoms with Crippen LogP contribution in [0.1, 0.15) is 17.4 Å². The fourth-order valence-corrected chi connectivity index (χ4v) is 4.14. The minimum absolute atomic E-state index is 0.0660. The number of imide groups is 1. The smallest absolute Gasteiger partial charge is 0.387 e. The van der Waals surface area contributed by atoms with Crippen LogP contribution in [-0.2, 0) is 10.3 Å². The Hall–Kier alpha value is -3.57. The van der Waals surface area contributed by atoms with E-state index in [4.69, 9.17) is 11.6 Å². The van der Waals surface area contributed by atoms with Crippen molar-refractivity contribution in [2.45, 2.75) is 19.1 Å². The van der Waals surface area contributed by atoms with Gasteiger partial charge in [0.25, 0.3) is 5.91 Å². The van der Waals surface area contributed by atoms with E-state index in [1.165, 1.54) is 48.7 Å². The molecule has 4 rings (SSSR count). The molecule has 0 spiro atoms. The summed E-state index contributed by atoms with van der Waals surface area (Å²) in [5.41, 5.74) is -0.235. The van der Waals surface area contributed by atoms with Gasteiger partial charge >= 0.3 is 12.6 Å². The maximum Gasteiger partial charge on any atom is 0.387 e. The number of ether oxygens (including phenoxy) is 1. The molecule has 2 heterocycles. The number of hydrogen-bond acceptors (Lipinski definition) is 7. The van der Waals surface area contributed by atoms with E-state index in [-0.39, 0.29) is 10.9 Å². The van der Waals surface area contributed by atoms with Crippen LogP contribution >= 0.6 is 22.9 Å². The van der Waals surface area contributed by atoms with Crippen LogP contribution in [0.25, 0.3) is 0 Å². The molecule has 1 unspecified atom stereocenters. The van der Waals surface area contributed by atoms with Crippen LogP contribution < -0.4 is 15.4 Å². The molecule has 12 heteroatoms. The number of nitrogens with one attached hydrogen (secondary N) is 2. The molecule has 1 saturated heterocycles. The van der Waals surface area contributed by atoms with E-state index in [0.717, 1.165) is 5.69 Å². The molecule has 3 aromatic rings. The number of thiazole rings is 1. The van der Waals surface area contributed by atoms with Crippen LogP contribution in [0.3, 0.4) is 0 Å². The van der Waals surface area contributed by atoms with E-state index in [0.29, 0.717) is 20.6 Å². The second-order valence-corrected chi connectivity index (χ2v) is 8.37. The number of benzene rings is 2. The van der Waals surface area contributed by atoms with Gasteiger partial charge in [0.05, 0.1) is 11.1 Å². The van der Waals surface area contributed by atoms with Crippen LogP contribution in [0.5, 0.6) is 5.75 Å². The second kappa shape index (κ2) is 9.12. The zero-order chi connectivity index (χ0) is 23.6. The van der Waals surface area contributed by atoms with Gasteiger partial charge < -0.3 is 15.4 Å². The summed E-state index contributed by atoms with van der Waals surface area (Å²) in [6.45, 7) is -1.47. The van der Waals surface area contributed by atoms with Crippen LogP contribution in [0, 0.1) is 0 Å². The third-order valence-corrected chi connectivity index (χ3v) is 6.06. The zero-order valence-corrected chi connectivity index (χ0v) is 18.5. The summed E-state index contributed by atoms with van der Waals surface area (Å²) in [5, 5.41) is 11.0. The maximum absolute atomic E-state index is 13.0. The molecule has 33 heavy (non-hydrogen) atoms. The van der Waals surface area contributed by atoms with Crippen molar-refractivity contribution in [3.05, 3.63) is 70.2 Å². The van der Waals surface area contributed by atoms with Gasteiger partial charge in [0.1, 0.15) is 11.3 Å². The van der Waals surface area contributed by atoms with Crippen molar-refractivity contribution < 1.29 is 23.1 Å². The van der Waals surface area contributed by atoms with E-state index in [9.17, 15) is 18.4 Å². The fourth-order valence-electron chi connectivity index (χ4n) is 3.10. The van der Waals surface area contributed by atoms with E-state index < -0.39 is 24.1 Å². The van der Waals surface area contributed by atoms with Gasteiger partial charge in [0, 0.05) is 5.69 Å². The Balaban J connectivity index is 1.50. The number of carbonyl (C=O) groups excluding carboxylic acids is 2. The molecule has 3 amide bonds. The molecular formula is C21H16ClF2N5O3S. The fraction of sp³-hybridized carbons (Fsp3) is 0.143. The molecule has 1 aliphatic heterocycles. The van der Waals surface area contributed by atoms with E-state index in [2.05, 4.69) is 25.5 Å². The third kappa shape index (κ3) is 4.78. The minimum atomic E-state index is -2.97. The number of halogens is 3. The molecule has 1 atom stereocenters. The summed E-state index contributed by atoms with van der Waals surface area (Å²) < 4.78 is 29.0. The molecule has 0 saturated carbocycles. The summed E-state index contributed by atoms with van der Waals surface area (Å²) >= 11 is 7.37. The Morgan fingerprint density at radius 2 is 1.91 bits per heavy atom. The van der Waals surface area contributed by atoms with Crippen molar-refractivity contribution in [1.29, 1.82) is 0 Å². The number of hydrazone groups is 1. The lowest BCUT2D eigenvalue weighted by Gasteiger charge is -2.21. The van der Waals surface area contributed by atoms with E-state index >= 15 is 0 Å². The zero-order valence-electron chi connectivity index (χ0n) is 17.0. The molecule has 0 radical (unpaired) electrons. The maximum atomic E-state index is 13.0. The highest BCUT2D eigenvalue weighted by Crippen LogP contribution is 2.31. The number of aromatic nitrogens is 1. The van der Waals surface area contributed by atoms with Crippen molar-refractivity contribution in [2.75, 3.05) is 5.32 Å². The Labute approximate surface area is 195 Å². The number of amides is 3. The van der Waals surface area contributed by atoms with Gasteiger partial charge in [-0.05, 0) is 36.8 Å². The number of nitrogens with zero attached hydrogens (tertiary/aromatic N) is 3. The van der Waals surface area contributed by atoms with Gasteiger partial charge in [0.15, 0.2) is 10.3 Å². The molecule has 2 N–H and O–H groups in total. The van der Waals surface area contributed by atoms with Gasteiger partial charge in [-0.3, -0.25) is 4.79 Å². The molecule has 8 nitrogen and oxygen atoms in total. The average molecular weight is 492 g/mol. The number of anilines is 2. The topological polar surface area (TPSA) is 95.9 Å². The molecule has 1 aliphatic rings. The molecule has 0 bridgehead atoms. The highest BCUT2D eigenvalue weighted by Gasteiger charge is 2.49. The summed E-state index contributed by atoms with van der Waals surface area (Å²) in [6.07, 6.45) is 1.28. The minimum Gasteiger partial charge on any atom is -0.435 e. The monoisotopic (exact) mass is 491 g/mol. The van der Waals surface area contributed by atoms with Crippen LogP contribution in [0.15, 0.2) is 59.7 Å². The SMILES string of the molecule is CC1(c2ccc(OC(F)F)cc2)NC(=O)N(/N=C/c2sc(Nc3ccccc3)nc2Cl)C1=O. The number of urea groups is 1. The van der Waals surface area contributed by atoms with Gasteiger partial charge in [-0.25, -0.2) is 9.78 Å². The second-order valence-electron chi connectivity index (χ2n) is 6.98. The lowest BCUT2D eigenvalue weighted by molar-refractivity contribution is -0.131. The largest absolute Gasteiger partial charge is 0.435 e. The Morgan fingerprint density at radius 1 is 1.21 bits per heavy atom. The first-order chi connectivity index (χ1) is 15.8. The van der Waals surface area contributed by atoms with Crippen molar-refractivity contribution in [3.63, 3.8) is 0 Å². The molecule has 0 aliphatic carbocycles. The van der Waals surface area contributed by atoms with Gasteiger partial charge in [-0.2, -0.15) is 13.9 Å². The molecule has 1 aromatic heterocycles. The number of alkyl halides is 2. The predicted octanol–water partition coefficient (Wildman–Crippen LogP) is 4.94. The first-order valence-electron chi connectivity index (χ1n) is 9.51. The summed E-state index contributed by atoms with van der Waals surface area (Å²) in [4.78, 5) is 30.1. The van der Waals surface area contributed by atoms with E-state index in [1.54, 1.807) is 0 Å². The first kappa shape index (κ1) is 22.6. The molecule has 2 aromatic carbocycles. The number of carbonyl (C=O) groups is 2. The van der Waals surface area contributed by atoms with Gasteiger partial charge in [0.2, 0.25) is 0 Å². The standard InChI is InChI=1S/C21H16ClF2N5O3S/c1-21(12-7-9-14(10-8-12)32-18(23)24)17(30)29(20(31)28-21)25-11-15-16(22)27-19(33-15)26-13-5-3-2-4-6-13/h2-11,18H,1H3,(H,26,27)(H,28,31)/b25-11+. The van der Waals surface area contributed by atoms with Crippen molar-refractivity contribution in [3.8, 4) is 5.75 Å². The average Bonchev–Trinajstić information content (AvgIpc) is 3.23. The first-order valence-corrected chi connectivity index (χ1v) is 10.7. The summed E-state index contributed by atoms with van der Waals surface area (Å²) in [6, 6.07) is 14.0. The van der Waals surface area contributed by atoms with Crippen LogP contribution in [-0.4, -0.2) is 34.8 Å². The summed E-state index contributed by atoms with van der Waals surface area (Å²) in [7, 11) is 0. The Kier molecular flexibility index (Phi) is 6.25. The van der Waals surface area contributed by atoms with Crippen molar-refractivity contribution >= 4 is 51.9 Å². The van der Waals surface area contributed by atoms with E-state index in [1.807, 2.05) is 30.3 Å². The number of para-hydroxylation sites is 1. The van der Waals surface area contributed by atoms with Crippen LogP contribution in [0.4, 0.5) is 24.4 Å². The number of rotatable bonds is 7. The highest BCUT2D eigenvalue weighted by molar-refractivity contribution is 7.17. The van der Waals surface area contributed by atoms with Crippen LogP contribution in [0.2, 0.25) is 5.15 Å². The third-order valence-electron chi connectivity index (χ3n) is 4.75. The summed E-state index contributed by atoms with van der Waals surface area (Å²) in [5.74, 6) is -0.710.